The molecule has 0 saturated carbocycles. The van der Waals surface area contributed by atoms with Crippen LogP contribution in [0.5, 0.6) is 0 Å². The van der Waals surface area contributed by atoms with E-state index in [1.54, 1.807) is 0 Å². The summed E-state index contributed by atoms with van der Waals surface area (Å²) < 4.78 is 10.2. The van der Waals surface area contributed by atoms with Crippen molar-refractivity contribution in [2.24, 2.45) is 5.41 Å². The SMILES string of the molecule is CCCCCCCCCC(=O)OCC(C)(C)COC(C)=O. The molecule has 0 aromatic carbocycles. The quantitative estimate of drug-likeness (QED) is 0.399. The Morgan fingerprint density at radius 1 is 0.857 bits per heavy atom. The van der Waals surface area contributed by atoms with Crippen molar-refractivity contribution in [3.8, 4) is 0 Å². The van der Waals surface area contributed by atoms with E-state index in [1.807, 2.05) is 13.8 Å². The molecule has 0 N–H and O–H groups in total. The van der Waals surface area contributed by atoms with Crippen molar-refractivity contribution in [1.82, 2.24) is 0 Å². The fourth-order valence-corrected chi connectivity index (χ4v) is 1.91. The summed E-state index contributed by atoms with van der Waals surface area (Å²) in [5.41, 5.74) is -0.332. The Morgan fingerprint density at radius 2 is 1.38 bits per heavy atom. The normalized spacial score (nSPS) is 11.2. The van der Waals surface area contributed by atoms with E-state index in [9.17, 15) is 9.59 Å². The molecule has 0 spiro atoms. The zero-order valence-corrected chi connectivity index (χ0v) is 14.2. The van der Waals surface area contributed by atoms with Crippen LogP contribution in [0.25, 0.3) is 0 Å². The highest BCUT2D eigenvalue weighted by molar-refractivity contribution is 5.69. The molecule has 0 bridgehead atoms. The molecule has 0 unspecified atom stereocenters. The predicted octanol–water partition coefficient (Wildman–Crippen LogP) is 4.26. The second-order valence-electron chi connectivity index (χ2n) is 6.48. The van der Waals surface area contributed by atoms with Crippen molar-refractivity contribution < 1.29 is 19.1 Å². The maximum absolute atomic E-state index is 11.6. The van der Waals surface area contributed by atoms with Crippen LogP contribution in [-0.2, 0) is 19.1 Å². The minimum absolute atomic E-state index is 0.153. The molecule has 4 nitrogen and oxygen atoms in total. The molecule has 0 aliphatic rings. The highest BCUT2D eigenvalue weighted by atomic mass is 16.5. The second-order valence-corrected chi connectivity index (χ2v) is 6.48. The number of hydrogen-bond acceptors (Lipinski definition) is 4. The number of carbonyl (C=O) groups is 2. The Morgan fingerprint density at radius 3 is 1.95 bits per heavy atom. The smallest absolute Gasteiger partial charge is 0.305 e. The molecule has 21 heavy (non-hydrogen) atoms. The first-order chi connectivity index (χ1) is 9.87. The number of carbonyl (C=O) groups excluding carboxylic acids is 2. The molecule has 0 aromatic heterocycles. The molecule has 0 aliphatic carbocycles. The average Bonchev–Trinajstić information content (AvgIpc) is 2.42. The molecule has 0 saturated heterocycles. The standard InChI is InChI=1S/C17H32O4/c1-5-6-7-8-9-10-11-12-16(19)21-14-17(3,4)13-20-15(2)18/h5-14H2,1-4H3. The van der Waals surface area contributed by atoms with E-state index in [4.69, 9.17) is 9.47 Å². The van der Waals surface area contributed by atoms with Gasteiger partial charge in [-0.05, 0) is 6.42 Å². The zero-order valence-electron chi connectivity index (χ0n) is 14.2. The minimum Gasteiger partial charge on any atom is -0.465 e. The third kappa shape index (κ3) is 13.7. The fraction of sp³-hybridized carbons (Fsp3) is 0.882. The number of ether oxygens (including phenoxy) is 2. The van der Waals surface area contributed by atoms with E-state index < -0.39 is 0 Å². The van der Waals surface area contributed by atoms with Gasteiger partial charge in [0.1, 0.15) is 0 Å². The first kappa shape index (κ1) is 19.9. The Bertz CT molecular complexity index is 297. The number of rotatable bonds is 12. The molecule has 0 aromatic rings. The highest BCUT2D eigenvalue weighted by Gasteiger charge is 2.22. The third-order valence-electron chi connectivity index (χ3n) is 3.27. The molecule has 0 fully saturated rings. The monoisotopic (exact) mass is 300 g/mol. The van der Waals surface area contributed by atoms with E-state index in [0.717, 1.165) is 12.8 Å². The summed E-state index contributed by atoms with van der Waals surface area (Å²) in [6, 6.07) is 0. The third-order valence-corrected chi connectivity index (χ3v) is 3.27. The van der Waals surface area contributed by atoms with Crippen LogP contribution in [0.1, 0.15) is 79.1 Å². The molecule has 0 atom stereocenters. The molecule has 0 amide bonds. The lowest BCUT2D eigenvalue weighted by atomic mass is 9.96. The van der Waals surface area contributed by atoms with Crippen LogP contribution in [0.3, 0.4) is 0 Å². The van der Waals surface area contributed by atoms with Crippen molar-refractivity contribution in [1.29, 1.82) is 0 Å². The van der Waals surface area contributed by atoms with E-state index in [-0.39, 0.29) is 30.6 Å². The maximum atomic E-state index is 11.6. The van der Waals surface area contributed by atoms with Gasteiger partial charge in [0.05, 0.1) is 13.2 Å². The highest BCUT2D eigenvalue weighted by Crippen LogP contribution is 2.17. The Labute approximate surface area is 129 Å². The Balaban J connectivity index is 3.59. The van der Waals surface area contributed by atoms with Crippen molar-refractivity contribution in [3.63, 3.8) is 0 Å². The van der Waals surface area contributed by atoms with Gasteiger partial charge in [0.25, 0.3) is 0 Å². The van der Waals surface area contributed by atoms with Gasteiger partial charge in [-0.1, -0.05) is 59.3 Å². The summed E-state index contributed by atoms with van der Waals surface area (Å²) in [4.78, 5) is 22.4. The second kappa shape index (κ2) is 11.6. The summed E-state index contributed by atoms with van der Waals surface area (Å²) >= 11 is 0. The summed E-state index contributed by atoms with van der Waals surface area (Å²) in [5.74, 6) is -0.461. The van der Waals surface area contributed by atoms with Gasteiger partial charge >= 0.3 is 11.9 Å². The van der Waals surface area contributed by atoms with Crippen molar-refractivity contribution in [3.05, 3.63) is 0 Å². The van der Waals surface area contributed by atoms with Gasteiger partial charge in [-0.15, -0.1) is 0 Å². The molecule has 124 valence electrons. The van der Waals surface area contributed by atoms with Crippen molar-refractivity contribution in [2.75, 3.05) is 13.2 Å². The van der Waals surface area contributed by atoms with Gasteiger partial charge < -0.3 is 9.47 Å². The lowest BCUT2D eigenvalue weighted by Crippen LogP contribution is -2.28. The number of hydrogen-bond donors (Lipinski definition) is 0. The molecule has 0 rings (SSSR count). The van der Waals surface area contributed by atoms with Crippen LogP contribution in [-0.4, -0.2) is 25.2 Å². The molecule has 0 heterocycles. The first-order valence-electron chi connectivity index (χ1n) is 8.16. The summed E-state index contributed by atoms with van der Waals surface area (Å²) in [6.45, 7) is 7.97. The van der Waals surface area contributed by atoms with Crippen LogP contribution >= 0.6 is 0 Å². The van der Waals surface area contributed by atoms with Gasteiger partial charge in [-0.3, -0.25) is 9.59 Å². The lowest BCUT2D eigenvalue weighted by molar-refractivity contribution is -0.151. The van der Waals surface area contributed by atoms with E-state index in [2.05, 4.69) is 6.92 Å². The molecule has 0 radical (unpaired) electrons. The van der Waals surface area contributed by atoms with Crippen molar-refractivity contribution >= 4 is 11.9 Å². The molecule has 4 heteroatoms. The minimum atomic E-state index is -0.332. The summed E-state index contributed by atoms with van der Waals surface area (Å²) in [7, 11) is 0. The lowest BCUT2D eigenvalue weighted by Gasteiger charge is -2.23. The van der Waals surface area contributed by atoms with Crippen LogP contribution in [0.15, 0.2) is 0 Å². The summed E-state index contributed by atoms with van der Waals surface area (Å²) in [6.07, 6.45) is 8.80. The van der Waals surface area contributed by atoms with Gasteiger partial charge in [0.2, 0.25) is 0 Å². The Kier molecular flexibility index (Phi) is 11.0. The first-order valence-corrected chi connectivity index (χ1v) is 8.16. The van der Waals surface area contributed by atoms with Crippen LogP contribution in [0, 0.1) is 5.41 Å². The van der Waals surface area contributed by atoms with E-state index in [0.29, 0.717) is 6.42 Å². The zero-order chi connectivity index (χ0) is 16.1. The van der Waals surface area contributed by atoms with E-state index >= 15 is 0 Å². The van der Waals surface area contributed by atoms with Crippen LogP contribution in [0.4, 0.5) is 0 Å². The maximum Gasteiger partial charge on any atom is 0.305 e. The van der Waals surface area contributed by atoms with E-state index in [1.165, 1.54) is 39.0 Å². The predicted molar refractivity (Wildman–Crippen MR) is 84.0 cm³/mol. The topological polar surface area (TPSA) is 52.6 Å². The average molecular weight is 300 g/mol. The van der Waals surface area contributed by atoms with Crippen LogP contribution < -0.4 is 0 Å². The van der Waals surface area contributed by atoms with Crippen LogP contribution in [0.2, 0.25) is 0 Å². The van der Waals surface area contributed by atoms with Crippen molar-refractivity contribution in [2.45, 2.75) is 79.1 Å². The van der Waals surface area contributed by atoms with Gasteiger partial charge in [-0.25, -0.2) is 0 Å². The molecular weight excluding hydrogens is 268 g/mol. The molecular formula is C17H32O4. The van der Waals surface area contributed by atoms with Gasteiger partial charge in [0, 0.05) is 18.8 Å². The van der Waals surface area contributed by atoms with Gasteiger partial charge in [0.15, 0.2) is 0 Å². The van der Waals surface area contributed by atoms with Gasteiger partial charge in [-0.2, -0.15) is 0 Å². The summed E-state index contributed by atoms with van der Waals surface area (Å²) in [5, 5.41) is 0. The number of unbranched alkanes of at least 4 members (excludes halogenated alkanes) is 6. The Hall–Kier alpha value is -1.06. The molecule has 0 aliphatic heterocycles. The largest absolute Gasteiger partial charge is 0.465 e. The number of esters is 2. The fourth-order valence-electron chi connectivity index (χ4n) is 1.91.